The fraction of sp³-hybridized carbons (Fsp3) is 0.429. The van der Waals surface area contributed by atoms with Gasteiger partial charge in [-0.1, -0.05) is 187 Å². The van der Waals surface area contributed by atoms with E-state index in [9.17, 15) is 38.4 Å². The van der Waals surface area contributed by atoms with Crippen LogP contribution in [0.2, 0.25) is 0 Å². The van der Waals surface area contributed by atoms with Crippen LogP contribution in [-0.2, 0) is 47.4 Å². The molecule has 6 amide bonds. The van der Waals surface area contributed by atoms with Gasteiger partial charge >= 0.3 is 31.5 Å². The van der Waals surface area contributed by atoms with E-state index in [2.05, 4.69) is 205 Å². The average Bonchev–Trinajstić information content (AvgIpc) is 1.61. The number of fused-ring (bicyclic) bond motifs is 2. The van der Waals surface area contributed by atoms with Crippen LogP contribution in [0.5, 0.6) is 0 Å². The second-order valence-corrected chi connectivity index (χ2v) is 37.3. The largest absolute Gasteiger partial charge is 0.494 e. The normalized spacial score (nSPS) is 19.7. The molecule has 3 saturated heterocycles. The van der Waals surface area contributed by atoms with Crippen molar-refractivity contribution in [1.29, 1.82) is 0 Å². The van der Waals surface area contributed by atoms with Crippen LogP contribution in [0.4, 0.5) is 19.2 Å². The number of methoxy groups -OCH3 is 4. The zero-order valence-electron chi connectivity index (χ0n) is 75.8. The second-order valence-electron chi connectivity index (χ2n) is 36.4. The molecule has 3 aliphatic heterocycles. The third-order valence-electron chi connectivity index (χ3n) is 25.7. The first kappa shape index (κ1) is 93.6. The van der Waals surface area contributed by atoms with Gasteiger partial charge in [-0.05, 0) is 182 Å². The Morgan fingerprint density at radius 1 is 0.422 bits per heavy atom. The third kappa shape index (κ3) is 21.0. The van der Waals surface area contributed by atoms with E-state index in [-0.39, 0.29) is 94.0 Å². The summed E-state index contributed by atoms with van der Waals surface area (Å²) in [6, 6.07) is 38.6. The standard InChI is InChI=1S/C46H53N7O6.C30H39BN4O5.C22H26BrN3O3/c1-25(2)39(51-45(56)58-6)41(54)34-19-27(5)20-35(34)42-47-23-36(49-42)29-12-10-28(11-13-29)30-14-15-32-22-33(17-16-31(32)21-30)37-24-48-43(50-37)38-9-8-18-53(38)44(55)40(26(3)4)52-46(57)59-7;1-18(2)25(34-28(37)38-7)27(36)35-14-8-9-24(35)26-32-17-23(33-26)21-11-10-20-16-22(13-12-19(20)15-21)31-39-29(3,4)30(5,6)40-31;1-12(2)19(26-22(28)29-4)20(27)16-9-13(3)10-17(16)21-24-11-18(25-21)14-5-7-15(23)8-6-14/h10-17,21-26,34-35,38-40H,5,8-9,18-20H2,1-4,6-7H3,(H,47,49)(H,48,50)(H,51,56)(H,52,57);10-13,15-18,24-25H,8-9,14H2,1-7H3,(H,32,33)(H,34,37);5-8,11-12,16-17,19H,3,9-10H2,1-2,4H3,(H,24,25)(H,26,28)/t34?,35-,38+,39+,40+;24-,25-;16?,17-,19+/m101/s1. The predicted octanol–water partition coefficient (Wildman–Crippen LogP) is 17.7. The van der Waals surface area contributed by atoms with Crippen molar-refractivity contribution in [3.8, 4) is 56.2 Å². The maximum atomic E-state index is 13.7. The van der Waals surface area contributed by atoms with Gasteiger partial charge in [0.25, 0.3) is 0 Å². The van der Waals surface area contributed by atoms with Crippen LogP contribution >= 0.6 is 15.9 Å². The van der Waals surface area contributed by atoms with E-state index in [4.69, 9.17) is 38.2 Å². The van der Waals surface area contributed by atoms with Crippen molar-refractivity contribution >= 4 is 97.8 Å². The smallest absolute Gasteiger partial charge is 0.453 e. The van der Waals surface area contributed by atoms with Crippen LogP contribution < -0.4 is 26.7 Å². The number of alkyl carbamates (subject to hydrolysis) is 4. The molecule has 4 aromatic heterocycles. The summed E-state index contributed by atoms with van der Waals surface area (Å²) in [6.45, 7) is 33.0. The molecule has 30 heteroatoms. The van der Waals surface area contributed by atoms with Crippen LogP contribution in [-0.4, -0.2) is 181 Å². The number of carbonyl (C=O) groups is 8. The molecular weight excluding hydrogens is 1690 g/mol. The Kier molecular flexibility index (Phi) is 29.3. The monoisotopic (exact) mass is 1800 g/mol. The molecule has 8 N–H and O–H groups in total. The number of carbonyl (C=O) groups excluding carboxylic acids is 8. The SMILES string of the molecule is C=C1CC(C(=O)[C@@H](NC(=O)OC)C(C)C)[C@H](c2ncc(-c3ccc(-c4ccc5cc(-c6cnc([C@@H]7CCCN7C(=O)[C@@H](NC(=O)OC)C(C)C)[nH]6)ccc5c4)cc3)[nH]2)C1.C=C1CC(C(=O)[C@@H](NC(=O)OC)C(C)C)[C@H](c2ncc(-c3ccc(Br)cc3)[nH]2)C1.COC(=O)N[C@H](C(=O)N1CCC[C@H]1c1ncc(-c2ccc3cc(B4OC(C)(C)C(C)(C)O4)ccc3c2)[nH]1)C(C)C. The summed E-state index contributed by atoms with van der Waals surface area (Å²) in [5, 5.41) is 15.2. The first-order valence-corrected chi connectivity index (χ1v) is 44.7. The molecule has 10 atom stereocenters. The molecule has 128 heavy (non-hydrogen) atoms. The van der Waals surface area contributed by atoms with E-state index < -0.39 is 55.7 Å². The molecule has 28 nitrogen and oxygen atoms in total. The van der Waals surface area contributed by atoms with Crippen LogP contribution in [0.25, 0.3) is 77.7 Å². The van der Waals surface area contributed by atoms with Gasteiger partial charge in [0.2, 0.25) is 11.8 Å². The maximum Gasteiger partial charge on any atom is 0.494 e. The van der Waals surface area contributed by atoms with Crippen molar-refractivity contribution in [3.05, 3.63) is 198 Å². The number of aromatic nitrogens is 8. The highest BCUT2D eigenvalue weighted by molar-refractivity contribution is 9.10. The zero-order chi connectivity index (χ0) is 91.9. The minimum Gasteiger partial charge on any atom is -0.453 e. The van der Waals surface area contributed by atoms with Gasteiger partial charge in [0.1, 0.15) is 35.4 Å². The van der Waals surface area contributed by atoms with Gasteiger partial charge in [0.05, 0.1) is 111 Å². The molecule has 674 valence electrons. The van der Waals surface area contributed by atoms with E-state index in [1.165, 1.54) is 28.4 Å². The molecule has 6 aromatic carbocycles. The number of benzene rings is 6. The Hall–Kier alpha value is -12.0. The molecule has 0 bridgehead atoms. The molecule has 0 radical (unpaired) electrons. The first-order valence-electron chi connectivity index (χ1n) is 43.9. The molecule has 2 aliphatic carbocycles. The van der Waals surface area contributed by atoms with Crippen LogP contribution in [0.1, 0.15) is 182 Å². The number of hydrogen-bond donors (Lipinski definition) is 8. The summed E-state index contributed by atoms with van der Waals surface area (Å²) < 4.78 is 32.5. The summed E-state index contributed by atoms with van der Waals surface area (Å²) in [7, 11) is 4.77. The van der Waals surface area contributed by atoms with Gasteiger partial charge in [-0.2, -0.15) is 0 Å². The molecular formula is C98H118BBrN14O14. The lowest BCUT2D eigenvalue weighted by Gasteiger charge is -2.32. The number of halogens is 1. The molecule has 5 fully saturated rings. The molecule has 2 saturated carbocycles. The minimum absolute atomic E-state index is 0.00404. The maximum absolute atomic E-state index is 13.7. The van der Waals surface area contributed by atoms with Crippen molar-refractivity contribution in [2.24, 2.45) is 35.5 Å². The summed E-state index contributed by atoms with van der Waals surface area (Å²) in [5.41, 5.74) is 11.9. The fourth-order valence-corrected chi connectivity index (χ4v) is 18.0. The van der Waals surface area contributed by atoms with Crippen LogP contribution in [0.15, 0.2) is 175 Å². The molecule has 5 aliphatic rings. The summed E-state index contributed by atoms with van der Waals surface area (Å²) in [4.78, 5) is 138. The lowest BCUT2D eigenvalue weighted by Crippen LogP contribution is -2.51. The van der Waals surface area contributed by atoms with Gasteiger partial charge in [-0.25, -0.2) is 39.1 Å². The van der Waals surface area contributed by atoms with E-state index >= 15 is 0 Å². The lowest BCUT2D eigenvalue weighted by molar-refractivity contribution is -0.136. The lowest BCUT2D eigenvalue weighted by atomic mass is 9.78. The number of nitrogens with one attached hydrogen (secondary N) is 8. The minimum atomic E-state index is -0.690. The number of ether oxygens (including phenoxy) is 4. The number of hydrogen-bond acceptors (Lipinski definition) is 18. The fourth-order valence-electron chi connectivity index (χ4n) is 17.8. The van der Waals surface area contributed by atoms with Crippen molar-refractivity contribution in [3.63, 3.8) is 0 Å². The topological polar surface area (TPSA) is 361 Å². The van der Waals surface area contributed by atoms with E-state index in [1.807, 2.05) is 108 Å². The Labute approximate surface area is 756 Å². The summed E-state index contributed by atoms with van der Waals surface area (Å²) in [6.07, 6.45) is 10.6. The van der Waals surface area contributed by atoms with Crippen LogP contribution in [0, 0.1) is 35.5 Å². The quantitative estimate of drug-likeness (QED) is 0.0158. The van der Waals surface area contributed by atoms with Gasteiger partial charge in [0, 0.05) is 52.4 Å². The number of imidazole rings is 4. The van der Waals surface area contributed by atoms with E-state index in [0.717, 1.165) is 148 Å². The van der Waals surface area contributed by atoms with Crippen molar-refractivity contribution in [2.45, 2.75) is 194 Å². The van der Waals surface area contributed by atoms with E-state index in [1.54, 1.807) is 6.20 Å². The molecule has 0 spiro atoms. The predicted molar refractivity (Wildman–Crippen MR) is 497 cm³/mol. The Balaban J connectivity index is 0.000000176. The Morgan fingerprint density at radius 2 is 0.734 bits per heavy atom. The number of ketones is 2. The van der Waals surface area contributed by atoms with Gasteiger partial charge in [-0.15, -0.1) is 0 Å². The number of likely N-dealkylation sites (tertiary alicyclic amines) is 2. The molecule has 2 unspecified atom stereocenters. The first-order chi connectivity index (χ1) is 61.0. The molecule has 7 heterocycles. The van der Waals surface area contributed by atoms with Crippen molar-refractivity contribution in [2.75, 3.05) is 41.5 Å². The van der Waals surface area contributed by atoms with Crippen molar-refractivity contribution in [1.82, 2.24) is 70.9 Å². The number of aromatic amines is 4. The van der Waals surface area contributed by atoms with Gasteiger partial charge < -0.3 is 79.3 Å². The van der Waals surface area contributed by atoms with Crippen molar-refractivity contribution < 1.29 is 66.6 Å². The highest BCUT2D eigenvalue weighted by Gasteiger charge is 2.52. The number of Topliss-reactive ketones (excluding diaryl/α,β-unsaturated/α-hetero) is 2. The number of amides is 6. The Morgan fingerprint density at radius 3 is 1.12 bits per heavy atom. The molecule has 15 rings (SSSR count). The summed E-state index contributed by atoms with van der Waals surface area (Å²) in [5.74, 6) is 1.48. The van der Waals surface area contributed by atoms with Gasteiger partial charge in [-0.3, -0.25) is 19.2 Å². The second kappa shape index (κ2) is 40.1. The molecule has 10 aromatic rings. The zero-order valence-corrected chi connectivity index (χ0v) is 77.4. The third-order valence-corrected chi connectivity index (χ3v) is 26.2. The highest BCUT2D eigenvalue weighted by Crippen LogP contribution is 2.46. The Bertz CT molecular complexity index is 5720. The summed E-state index contributed by atoms with van der Waals surface area (Å²) >= 11 is 3.44. The number of H-pyrrole nitrogens is 4. The number of rotatable bonds is 24. The highest BCUT2D eigenvalue weighted by atomic mass is 79.9. The van der Waals surface area contributed by atoms with Crippen LogP contribution in [0.3, 0.4) is 0 Å². The number of nitrogens with zero attached hydrogens (tertiary/aromatic N) is 6. The number of allylic oxidation sites excluding steroid dienone is 2. The van der Waals surface area contributed by atoms with Gasteiger partial charge in [0.15, 0.2) is 11.6 Å². The average molecular weight is 1810 g/mol. The van der Waals surface area contributed by atoms with E-state index in [0.29, 0.717) is 38.8 Å².